The first-order valence-electron chi connectivity index (χ1n) is 7.35. The van der Waals surface area contributed by atoms with Gasteiger partial charge in [-0.1, -0.05) is 0 Å². The zero-order chi connectivity index (χ0) is 14.9. The van der Waals surface area contributed by atoms with E-state index in [4.69, 9.17) is 15.2 Å². The van der Waals surface area contributed by atoms with Crippen molar-refractivity contribution in [3.05, 3.63) is 29.6 Å². The van der Waals surface area contributed by atoms with Crippen LogP contribution in [0.5, 0.6) is 0 Å². The quantitative estimate of drug-likeness (QED) is 0.780. The average molecular weight is 295 g/mol. The van der Waals surface area contributed by atoms with Crippen LogP contribution in [0.2, 0.25) is 0 Å². The van der Waals surface area contributed by atoms with Gasteiger partial charge in [0, 0.05) is 30.9 Å². The summed E-state index contributed by atoms with van der Waals surface area (Å²) in [5.41, 5.74) is 6.47. The highest BCUT2D eigenvalue weighted by Crippen LogP contribution is 2.32. The van der Waals surface area contributed by atoms with Crippen LogP contribution in [-0.2, 0) is 15.1 Å². The van der Waals surface area contributed by atoms with Crippen LogP contribution in [0.1, 0.15) is 18.9 Å². The Balaban J connectivity index is 1.83. The van der Waals surface area contributed by atoms with E-state index < -0.39 is 11.8 Å². The minimum Gasteiger partial charge on any atom is -0.380 e. The van der Waals surface area contributed by atoms with Gasteiger partial charge in [-0.2, -0.15) is 0 Å². The molecule has 116 valence electrons. The normalized spacial score (nSPS) is 33.1. The zero-order valence-electron chi connectivity index (χ0n) is 12.2. The summed E-state index contributed by atoms with van der Waals surface area (Å²) >= 11 is 0. The van der Waals surface area contributed by atoms with Gasteiger partial charge in [0.2, 0.25) is 0 Å². The topological polar surface area (TPSA) is 68.5 Å². The van der Waals surface area contributed by atoms with Gasteiger partial charge in [-0.05, 0) is 31.5 Å². The maximum absolute atomic E-state index is 14.2. The number of morpholine rings is 1. The van der Waals surface area contributed by atoms with Gasteiger partial charge in [0.05, 0.1) is 12.6 Å². The molecule has 2 aliphatic heterocycles. The second-order valence-corrected chi connectivity index (χ2v) is 5.92. The van der Waals surface area contributed by atoms with Gasteiger partial charge >= 0.3 is 0 Å². The predicted molar refractivity (Wildman–Crippen MR) is 78.5 cm³/mol. The first-order chi connectivity index (χ1) is 10.1. The van der Waals surface area contributed by atoms with Crippen LogP contribution in [0.25, 0.3) is 0 Å². The molecular weight excluding hydrogens is 273 g/mol. The van der Waals surface area contributed by atoms with Crippen LogP contribution in [0, 0.1) is 5.82 Å². The molecule has 0 spiro atoms. The van der Waals surface area contributed by atoms with E-state index in [0.29, 0.717) is 25.3 Å². The van der Waals surface area contributed by atoms with Crippen LogP contribution in [0.4, 0.5) is 10.1 Å². The van der Waals surface area contributed by atoms with Crippen molar-refractivity contribution in [2.45, 2.75) is 31.2 Å². The minimum absolute atomic E-state index is 0.276. The van der Waals surface area contributed by atoms with Crippen molar-refractivity contribution < 1.29 is 13.9 Å². The van der Waals surface area contributed by atoms with E-state index in [9.17, 15) is 4.39 Å². The number of nitrogens with one attached hydrogen (secondary N) is 2. The van der Waals surface area contributed by atoms with Crippen LogP contribution in [0.3, 0.4) is 0 Å². The number of benzene rings is 1. The Morgan fingerprint density at radius 3 is 3.05 bits per heavy atom. The SMILES string of the molecule is CC1(c2cc(NC3CCOC3)ccc2F)CNC[C@H](N)O1. The second kappa shape index (κ2) is 5.88. The fourth-order valence-electron chi connectivity index (χ4n) is 2.93. The lowest BCUT2D eigenvalue weighted by atomic mass is 9.93. The Kier molecular flexibility index (Phi) is 4.12. The smallest absolute Gasteiger partial charge is 0.129 e. The van der Waals surface area contributed by atoms with Crippen molar-refractivity contribution in [1.29, 1.82) is 0 Å². The Bertz CT molecular complexity index is 508. The number of nitrogens with two attached hydrogens (primary N) is 1. The van der Waals surface area contributed by atoms with Crippen molar-refractivity contribution in [1.82, 2.24) is 5.32 Å². The highest BCUT2D eigenvalue weighted by molar-refractivity contribution is 5.49. The summed E-state index contributed by atoms with van der Waals surface area (Å²) in [5, 5.41) is 6.56. The molecule has 0 radical (unpaired) electrons. The lowest BCUT2D eigenvalue weighted by molar-refractivity contribution is -0.109. The summed E-state index contributed by atoms with van der Waals surface area (Å²) in [4.78, 5) is 0. The average Bonchev–Trinajstić information content (AvgIpc) is 2.93. The van der Waals surface area contributed by atoms with Gasteiger partial charge in [-0.15, -0.1) is 0 Å². The van der Waals surface area contributed by atoms with Gasteiger partial charge in [0.15, 0.2) is 0 Å². The fourth-order valence-corrected chi connectivity index (χ4v) is 2.93. The molecule has 1 aromatic carbocycles. The molecule has 4 N–H and O–H groups in total. The summed E-state index contributed by atoms with van der Waals surface area (Å²) in [5.74, 6) is -0.276. The largest absolute Gasteiger partial charge is 0.380 e. The first kappa shape index (κ1) is 14.7. The molecule has 2 heterocycles. The van der Waals surface area contributed by atoms with Crippen LogP contribution >= 0.6 is 0 Å². The van der Waals surface area contributed by atoms with E-state index >= 15 is 0 Å². The molecule has 0 bridgehead atoms. The molecule has 3 atom stereocenters. The van der Waals surface area contributed by atoms with E-state index in [2.05, 4.69) is 10.6 Å². The zero-order valence-corrected chi connectivity index (χ0v) is 12.2. The fraction of sp³-hybridized carbons (Fsp3) is 0.600. The molecule has 1 aromatic rings. The molecule has 6 heteroatoms. The first-order valence-corrected chi connectivity index (χ1v) is 7.35. The van der Waals surface area contributed by atoms with Gasteiger partial charge < -0.3 is 25.8 Å². The Hall–Kier alpha value is -1.21. The molecule has 5 nitrogen and oxygen atoms in total. The Morgan fingerprint density at radius 2 is 2.33 bits per heavy atom. The van der Waals surface area contributed by atoms with Crippen LogP contribution in [0.15, 0.2) is 18.2 Å². The summed E-state index contributed by atoms with van der Waals surface area (Å²) in [6, 6.07) is 5.32. The molecule has 0 amide bonds. The number of hydrogen-bond acceptors (Lipinski definition) is 5. The molecule has 0 saturated carbocycles. The van der Waals surface area contributed by atoms with E-state index in [-0.39, 0.29) is 11.9 Å². The third kappa shape index (κ3) is 3.18. The van der Waals surface area contributed by atoms with Crippen molar-refractivity contribution >= 4 is 5.69 Å². The third-order valence-corrected chi connectivity index (χ3v) is 4.06. The molecule has 0 aromatic heterocycles. The number of rotatable bonds is 3. The van der Waals surface area contributed by atoms with Gasteiger partial charge in [-0.25, -0.2) is 4.39 Å². The number of hydrogen-bond donors (Lipinski definition) is 3. The predicted octanol–water partition coefficient (Wildman–Crippen LogP) is 1.15. The second-order valence-electron chi connectivity index (χ2n) is 5.92. The highest BCUT2D eigenvalue weighted by atomic mass is 19.1. The summed E-state index contributed by atoms with van der Waals surface area (Å²) in [6.45, 7) is 4.43. The summed E-state index contributed by atoms with van der Waals surface area (Å²) < 4.78 is 25.4. The third-order valence-electron chi connectivity index (χ3n) is 4.06. The molecule has 0 aliphatic carbocycles. The van der Waals surface area contributed by atoms with E-state index in [0.717, 1.165) is 18.7 Å². The minimum atomic E-state index is -0.758. The maximum Gasteiger partial charge on any atom is 0.129 e. The molecule has 2 saturated heterocycles. The van der Waals surface area contributed by atoms with Crippen LogP contribution in [-0.4, -0.2) is 38.6 Å². The maximum atomic E-state index is 14.2. The molecule has 2 fully saturated rings. The van der Waals surface area contributed by atoms with Gasteiger partial charge in [0.1, 0.15) is 17.6 Å². The highest BCUT2D eigenvalue weighted by Gasteiger charge is 2.35. The molecule has 2 aliphatic rings. The van der Waals surface area contributed by atoms with Crippen molar-refractivity contribution in [3.63, 3.8) is 0 Å². The summed E-state index contributed by atoms with van der Waals surface area (Å²) in [7, 11) is 0. The Morgan fingerprint density at radius 1 is 1.48 bits per heavy atom. The van der Waals surface area contributed by atoms with Crippen molar-refractivity contribution in [2.24, 2.45) is 5.73 Å². The van der Waals surface area contributed by atoms with Crippen molar-refractivity contribution in [2.75, 3.05) is 31.6 Å². The van der Waals surface area contributed by atoms with Crippen molar-refractivity contribution in [3.8, 4) is 0 Å². The lowest BCUT2D eigenvalue weighted by Gasteiger charge is -2.38. The number of ether oxygens (including phenoxy) is 2. The van der Waals surface area contributed by atoms with E-state index in [1.165, 1.54) is 6.07 Å². The van der Waals surface area contributed by atoms with Crippen LogP contribution < -0.4 is 16.4 Å². The molecule has 3 rings (SSSR count). The number of anilines is 1. The molecule has 21 heavy (non-hydrogen) atoms. The lowest BCUT2D eigenvalue weighted by Crippen LogP contribution is -2.53. The Labute approximate surface area is 124 Å². The standard InChI is InChI=1S/C15H22FN3O2/c1-15(9-18-7-14(17)21-15)12-6-10(2-3-13(12)16)19-11-4-5-20-8-11/h2-3,6,11,14,18-19H,4-5,7-9,17H2,1H3/t11?,14-,15?/m1/s1. The number of halogens is 1. The van der Waals surface area contributed by atoms with Gasteiger partial charge in [0.25, 0.3) is 0 Å². The molecular formula is C15H22FN3O2. The van der Waals surface area contributed by atoms with E-state index in [1.54, 1.807) is 6.07 Å². The van der Waals surface area contributed by atoms with E-state index in [1.807, 2.05) is 13.0 Å². The summed E-state index contributed by atoms with van der Waals surface area (Å²) in [6.07, 6.45) is 0.537. The monoisotopic (exact) mass is 295 g/mol. The van der Waals surface area contributed by atoms with Gasteiger partial charge in [-0.3, -0.25) is 0 Å². The molecule has 2 unspecified atom stereocenters.